The summed E-state index contributed by atoms with van der Waals surface area (Å²) in [5, 5.41) is 1.87. The number of benzene rings is 2. The second-order valence-electron chi connectivity index (χ2n) is 8.15. The number of carbonyl (C=O) groups is 1. The van der Waals surface area contributed by atoms with Gasteiger partial charge in [0.05, 0.1) is 21.6 Å². The predicted molar refractivity (Wildman–Crippen MR) is 124 cm³/mol. The van der Waals surface area contributed by atoms with Gasteiger partial charge in [-0.1, -0.05) is 24.3 Å². The topological polar surface area (TPSA) is 81.2 Å². The normalized spacial score (nSPS) is 16.9. The lowest BCUT2D eigenvalue weighted by atomic mass is 9.98. The molecule has 0 N–H and O–H groups in total. The van der Waals surface area contributed by atoms with E-state index in [0.29, 0.717) is 24.2 Å². The van der Waals surface area contributed by atoms with Crippen molar-refractivity contribution in [1.82, 2.24) is 19.4 Å². The third-order valence-electron chi connectivity index (χ3n) is 6.09. The molecule has 1 aliphatic rings. The fourth-order valence-electron chi connectivity index (χ4n) is 4.44. The number of amides is 1. The molecule has 0 saturated carbocycles. The van der Waals surface area contributed by atoms with Gasteiger partial charge in [0.15, 0.2) is 0 Å². The molecule has 1 amide bonds. The number of hydrogen-bond donors (Lipinski definition) is 0. The van der Waals surface area contributed by atoms with Crippen LogP contribution in [-0.4, -0.2) is 38.4 Å². The average Bonchev–Trinajstić information content (AvgIpc) is 3.43. The van der Waals surface area contributed by atoms with Crippen molar-refractivity contribution in [3.05, 3.63) is 70.2 Å². The van der Waals surface area contributed by atoms with Crippen LogP contribution < -0.4 is 5.56 Å². The van der Waals surface area contributed by atoms with Gasteiger partial charge in [0, 0.05) is 24.4 Å². The van der Waals surface area contributed by atoms with Gasteiger partial charge in [0.2, 0.25) is 11.5 Å². The minimum absolute atomic E-state index is 0.0502. The number of hydrogen-bond acceptors (Lipinski definition) is 6. The standard InChI is InChI=1S/C24H20N4O3S/c29-20(13-28-14-25-21-16-7-1-3-9-18(16)31-22(21)24(28)30)27-11-5-6-15(12-27)23-26-17-8-2-4-10-19(17)32-23/h1-4,7-10,14-15H,5-6,11-13H2. The van der Waals surface area contributed by atoms with E-state index in [-0.39, 0.29) is 29.5 Å². The van der Waals surface area contributed by atoms with E-state index in [4.69, 9.17) is 9.40 Å². The highest BCUT2D eigenvalue weighted by Crippen LogP contribution is 2.33. The minimum Gasteiger partial charge on any atom is -0.448 e. The van der Waals surface area contributed by atoms with Crippen LogP contribution in [0.2, 0.25) is 0 Å². The molecular weight excluding hydrogens is 424 g/mol. The number of likely N-dealkylation sites (tertiary alicyclic amines) is 1. The summed E-state index contributed by atoms with van der Waals surface area (Å²) in [6.07, 6.45) is 3.37. The van der Waals surface area contributed by atoms with Gasteiger partial charge >= 0.3 is 0 Å². The predicted octanol–water partition coefficient (Wildman–Crippen LogP) is 4.16. The summed E-state index contributed by atoms with van der Waals surface area (Å²) >= 11 is 1.70. The summed E-state index contributed by atoms with van der Waals surface area (Å²) in [5.41, 5.74) is 2.01. The molecule has 3 aromatic heterocycles. The highest BCUT2D eigenvalue weighted by Gasteiger charge is 2.27. The van der Waals surface area contributed by atoms with Crippen molar-refractivity contribution in [2.24, 2.45) is 0 Å². The summed E-state index contributed by atoms with van der Waals surface area (Å²) < 4.78 is 8.24. The Bertz CT molecular complexity index is 1500. The first-order valence-corrected chi connectivity index (χ1v) is 11.5. The molecule has 2 aromatic carbocycles. The second kappa shape index (κ2) is 7.56. The van der Waals surface area contributed by atoms with Crippen molar-refractivity contribution in [3.8, 4) is 0 Å². The molecule has 5 aromatic rings. The van der Waals surface area contributed by atoms with Crippen LogP contribution in [0, 0.1) is 0 Å². The highest BCUT2D eigenvalue weighted by molar-refractivity contribution is 7.18. The molecule has 32 heavy (non-hydrogen) atoms. The quantitative estimate of drug-likeness (QED) is 0.417. The molecule has 0 spiro atoms. The van der Waals surface area contributed by atoms with Crippen LogP contribution in [0.3, 0.4) is 0 Å². The highest BCUT2D eigenvalue weighted by atomic mass is 32.1. The zero-order valence-corrected chi connectivity index (χ0v) is 18.0. The van der Waals surface area contributed by atoms with Crippen LogP contribution in [-0.2, 0) is 11.3 Å². The maximum atomic E-state index is 13.1. The van der Waals surface area contributed by atoms with E-state index < -0.39 is 0 Å². The van der Waals surface area contributed by atoms with Gasteiger partial charge in [-0.05, 0) is 37.1 Å². The third-order valence-corrected chi connectivity index (χ3v) is 7.29. The summed E-state index contributed by atoms with van der Waals surface area (Å²) in [7, 11) is 0. The lowest BCUT2D eigenvalue weighted by Crippen LogP contribution is -2.42. The van der Waals surface area contributed by atoms with Gasteiger partial charge in [-0.15, -0.1) is 11.3 Å². The fraction of sp³-hybridized carbons (Fsp3) is 0.250. The molecule has 0 bridgehead atoms. The van der Waals surface area contributed by atoms with E-state index in [9.17, 15) is 9.59 Å². The molecule has 1 saturated heterocycles. The summed E-state index contributed by atoms with van der Waals surface area (Å²) in [5.74, 6) is 0.132. The Morgan fingerprint density at radius 3 is 2.91 bits per heavy atom. The number of thiazole rings is 1. The van der Waals surface area contributed by atoms with Gasteiger partial charge in [0.25, 0.3) is 5.56 Å². The van der Waals surface area contributed by atoms with Gasteiger partial charge in [-0.3, -0.25) is 14.2 Å². The molecule has 0 aliphatic carbocycles. The monoisotopic (exact) mass is 444 g/mol. The zero-order chi connectivity index (χ0) is 21.7. The van der Waals surface area contributed by atoms with Crippen molar-refractivity contribution in [2.45, 2.75) is 25.3 Å². The van der Waals surface area contributed by atoms with E-state index in [2.05, 4.69) is 11.1 Å². The Hall–Kier alpha value is -3.52. The van der Waals surface area contributed by atoms with E-state index in [1.165, 1.54) is 15.6 Å². The molecule has 7 nitrogen and oxygen atoms in total. The molecule has 1 aliphatic heterocycles. The SMILES string of the molecule is O=C(Cn1cnc2c(oc3ccccc32)c1=O)N1CCCC(c2nc3ccccc3s2)C1. The molecule has 1 fully saturated rings. The van der Waals surface area contributed by atoms with Gasteiger partial charge in [-0.2, -0.15) is 0 Å². The number of carbonyl (C=O) groups excluding carboxylic acids is 1. The molecule has 8 heteroatoms. The van der Waals surface area contributed by atoms with Gasteiger partial charge in [-0.25, -0.2) is 9.97 Å². The first-order valence-electron chi connectivity index (χ1n) is 10.7. The Balaban J connectivity index is 1.24. The van der Waals surface area contributed by atoms with Gasteiger partial charge in [0.1, 0.15) is 17.6 Å². The molecule has 0 radical (unpaired) electrons. The number of piperidine rings is 1. The van der Waals surface area contributed by atoms with Crippen LogP contribution in [0.15, 0.2) is 64.1 Å². The largest absolute Gasteiger partial charge is 0.448 e. The Morgan fingerprint density at radius 1 is 1.16 bits per heavy atom. The number of para-hydroxylation sites is 2. The molecule has 6 rings (SSSR count). The second-order valence-corrected chi connectivity index (χ2v) is 9.21. The van der Waals surface area contributed by atoms with Crippen molar-refractivity contribution in [2.75, 3.05) is 13.1 Å². The van der Waals surface area contributed by atoms with E-state index in [0.717, 1.165) is 28.8 Å². The van der Waals surface area contributed by atoms with Gasteiger partial charge < -0.3 is 9.32 Å². The number of nitrogens with zero attached hydrogens (tertiary/aromatic N) is 4. The molecule has 4 heterocycles. The van der Waals surface area contributed by atoms with Crippen molar-refractivity contribution < 1.29 is 9.21 Å². The minimum atomic E-state index is -0.334. The smallest absolute Gasteiger partial charge is 0.297 e. The number of furan rings is 1. The maximum absolute atomic E-state index is 13.1. The maximum Gasteiger partial charge on any atom is 0.297 e. The summed E-state index contributed by atoms with van der Waals surface area (Å²) in [6.45, 7) is 1.26. The number of aromatic nitrogens is 3. The van der Waals surface area contributed by atoms with Crippen LogP contribution >= 0.6 is 11.3 Å². The number of fused-ring (bicyclic) bond motifs is 4. The first kappa shape index (κ1) is 19.2. The van der Waals surface area contributed by atoms with Crippen molar-refractivity contribution >= 4 is 49.5 Å². The van der Waals surface area contributed by atoms with Crippen molar-refractivity contribution in [3.63, 3.8) is 0 Å². The van der Waals surface area contributed by atoms with E-state index >= 15 is 0 Å². The lowest BCUT2D eigenvalue weighted by Gasteiger charge is -2.32. The van der Waals surface area contributed by atoms with E-state index in [1.54, 1.807) is 11.3 Å². The Kier molecular flexibility index (Phi) is 4.53. The molecular formula is C24H20N4O3S. The lowest BCUT2D eigenvalue weighted by molar-refractivity contribution is -0.133. The van der Waals surface area contributed by atoms with Crippen LogP contribution in [0.5, 0.6) is 0 Å². The number of rotatable bonds is 3. The molecule has 160 valence electrons. The zero-order valence-electron chi connectivity index (χ0n) is 17.2. The van der Waals surface area contributed by atoms with Crippen LogP contribution in [0.25, 0.3) is 32.3 Å². The van der Waals surface area contributed by atoms with Crippen LogP contribution in [0.1, 0.15) is 23.8 Å². The Morgan fingerprint density at radius 2 is 2.00 bits per heavy atom. The summed E-state index contributed by atoms with van der Waals surface area (Å²) in [6, 6.07) is 15.5. The Labute approximate surface area is 186 Å². The fourth-order valence-corrected chi connectivity index (χ4v) is 5.54. The third kappa shape index (κ3) is 3.18. The summed E-state index contributed by atoms with van der Waals surface area (Å²) in [4.78, 5) is 37.1. The first-order chi connectivity index (χ1) is 15.7. The molecule has 1 unspecified atom stereocenters. The van der Waals surface area contributed by atoms with Crippen molar-refractivity contribution in [1.29, 1.82) is 0 Å². The molecule has 1 atom stereocenters. The van der Waals surface area contributed by atoms with E-state index in [1.807, 2.05) is 47.4 Å². The average molecular weight is 445 g/mol. The van der Waals surface area contributed by atoms with Crippen LogP contribution in [0.4, 0.5) is 0 Å².